The Morgan fingerprint density at radius 2 is 1.33 bits per heavy atom. The number of rotatable bonds is 4. The summed E-state index contributed by atoms with van der Waals surface area (Å²) < 4.78 is 0. The first-order valence-electron chi connectivity index (χ1n) is 2.92. The molecule has 0 saturated heterocycles. The molecule has 0 aromatic heterocycles. The lowest BCUT2D eigenvalue weighted by Crippen LogP contribution is -2.25. The molecule has 0 N–H and O–H groups in total. The highest BCUT2D eigenvalue weighted by atomic mass is 35.5. The van der Waals surface area contributed by atoms with Crippen LogP contribution in [0.1, 0.15) is 13.3 Å². The van der Waals surface area contributed by atoms with E-state index < -0.39 is 0 Å². The van der Waals surface area contributed by atoms with Gasteiger partial charge in [0.15, 0.2) is 0 Å². The molecule has 0 spiro atoms. The van der Waals surface area contributed by atoms with E-state index in [1.807, 2.05) is 6.92 Å². The van der Waals surface area contributed by atoms with Crippen LogP contribution >= 0.6 is 34.8 Å². The predicted octanol–water partition coefficient (Wildman–Crippen LogP) is 3.10. The summed E-state index contributed by atoms with van der Waals surface area (Å²) in [7, 11) is 0. The van der Waals surface area contributed by atoms with Gasteiger partial charge < -0.3 is 0 Å². The number of halogens is 3. The molecule has 0 aliphatic carbocycles. The highest BCUT2D eigenvalue weighted by Crippen LogP contribution is 2.26. The van der Waals surface area contributed by atoms with Crippen LogP contribution < -0.4 is 0 Å². The molecule has 56 valence electrons. The standard InChI is InChI=1S/C6H11Cl3/c1-2-6(3-7,4-8)5-9/h2-5H2,1H3. The van der Waals surface area contributed by atoms with E-state index in [0.29, 0.717) is 17.6 Å². The van der Waals surface area contributed by atoms with E-state index in [4.69, 9.17) is 34.8 Å². The smallest absolute Gasteiger partial charge is 0.0302 e. The monoisotopic (exact) mass is 188 g/mol. The minimum atomic E-state index is -0.0370. The van der Waals surface area contributed by atoms with Gasteiger partial charge in [-0.25, -0.2) is 0 Å². The fraction of sp³-hybridized carbons (Fsp3) is 1.00. The molecule has 0 aromatic rings. The van der Waals surface area contributed by atoms with Crippen molar-refractivity contribution in [1.82, 2.24) is 0 Å². The van der Waals surface area contributed by atoms with Crippen molar-refractivity contribution in [3.05, 3.63) is 0 Å². The van der Waals surface area contributed by atoms with Gasteiger partial charge in [-0.3, -0.25) is 0 Å². The molecule has 0 aromatic carbocycles. The van der Waals surface area contributed by atoms with Crippen molar-refractivity contribution in [1.29, 1.82) is 0 Å². The van der Waals surface area contributed by atoms with Crippen molar-refractivity contribution >= 4 is 34.8 Å². The molecular weight excluding hydrogens is 178 g/mol. The van der Waals surface area contributed by atoms with Crippen molar-refractivity contribution in [3.8, 4) is 0 Å². The summed E-state index contributed by atoms with van der Waals surface area (Å²) in [5.74, 6) is 1.66. The summed E-state index contributed by atoms with van der Waals surface area (Å²) in [6.07, 6.45) is 0.948. The topological polar surface area (TPSA) is 0 Å². The maximum atomic E-state index is 5.66. The molecule has 0 radical (unpaired) electrons. The van der Waals surface area contributed by atoms with E-state index in [-0.39, 0.29) is 5.41 Å². The Hall–Kier alpha value is 0.870. The summed E-state index contributed by atoms with van der Waals surface area (Å²) in [6.45, 7) is 2.05. The van der Waals surface area contributed by atoms with Gasteiger partial charge in [-0.2, -0.15) is 0 Å². The van der Waals surface area contributed by atoms with Gasteiger partial charge in [0.2, 0.25) is 0 Å². The lowest BCUT2D eigenvalue weighted by Gasteiger charge is -2.24. The van der Waals surface area contributed by atoms with Gasteiger partial charge >= 0.3 is 0 Å². The quantitative estimate of drug-likeness (QED) is 0.596. The molecule has 0 saturated carbocycles. The third-order valence-corrected chi connectivity index (χ3v) is 3.30. The summed E-state index contributed by atoms with van der Waals surface area (Å²) in [4.78, 5) is 0. The zero-order valence-electron chi connectivity index (χ0n) is 5.46. The summed E-state index contributed by atoms with van der Waals surface area (Å²) >= 11 is 17.0. The molecule has 9 heavy (non-hydrogen) atoms. The third kappa shape index (κ3) is 2.53. The first kappa shape index (κ1) is 9.87. The molecule has 0 rings (SSSR count). The Balaban J connectivity index is 3.82. The second-order valence-corrected chi connectivity index (χ2v) is 3.06. The van der Waals surface area contributed by atoms with E-state index >= 15 is 0 Å². The molecule has 0 aliphatic rings. The molecule has 0 aliphatic heterocycles. The maximum Gasteiger partial charge on any atom is 0.0302 e. The van der Waals surface area contributed by atoms with E-state index in [0.717, 1.165) is 6.42 Å². The average molecular weight is 190 g/mol. The second-order valence-electron chi connectivity index (χ2n) is 2.25. The van der Waals surface area contributed by atoms with Crippen LogP contribution in [0.5, 0.6) is 0 Å². The van der Waals surface area contributed by atoms with Crippen molar-refractivity contribution in [2.75, 3.05) is 17.6 Å². The van der Waals surface area contributed by atoms with Crippen LogP contribution in [0.4, 0.5) is 0 Å². The van der Waals surface area contributed by atoms with Crippen LogP contribution in [0.3, 0.4) is 0 Å². The number of alkyl halides is 3. The van der Waals surface area contributed by atoms with Crippen LogP contribution in [0, 0.1) is 5.41 Å². The molecule has 0 bridgehead atoms. The Morgan fingerprint density at radius 3 is 1.33 bits per heavy atom. The average Bonchev–Trinajstić information content (AvgIpc) is 1.95. The van der Waals surface area contributed by atoms with Crippen molar-refractivity contribution in [3.63, 3.8) is 0 Å². The number of hydrogen-bond acceptors (Lipinski definition) is 0. The van der Waals surface area contributed by atoms with Crippen LogP contribution in [0.25, 0.3) is 0 Å². The summed E-state index contributed by atoms with van der Waals surface area (Å²) in [5, 5.41) is 0. The molecule has 0 fully saturated rings. The SMILES string of the molecule is CCC(CCl)(CCl)CCl. The Labute approximate surface area is 71.5 Å². The van der Waals surface area contributed by atoms with E-state index in [9.17, 15) is 0 Å². The van der Waals surface area contributed by atoms with E-state index in [1.54, 1.807) is 0 Å². The van der Waals surface area contributed by atoms with E-state index in [1.165, 1.54) is 0 Å². The fourth-order valence-corrected chi connectivity index (χ4v) is 1.81. The minimum Gasteiger partial charge on any atom is -0.126 e. The molecular formula is C6H11Cl3. The van der Waals surface area contributed by atoms with Crippen LogP contribution in [-0.2, 0) is 0 Å². The van der Waals surface area contributed by atoms with Crippen molar-refractivity contribution in [2.24, 2.45) is 5.41 Å². The normalized spacial score (nSPS) is 12.0. The molecule has 0 unspecified atom stereocenters. The first-order valence-corrected chi connectivity index (χ1v) is 4.53. The van der Waals surface area contributed by atoms with Gasteiger partial charge in [0.05, 0.1) is 0 Å². The number of hydrogen-bond donors (Lipinski definition) is 0. The molecule has 0 atom stereocenters. The van der Waals surface area contributed by atoms with Gasteiger partial charge in [0.1, 0.15) is 0 Å². The van der Waals surface area contributed by atoms with Gasteiger partial charge in [0.25, 0.3) is 0 Å². The van der Waals surface area contributed by atoms with Gasteiger partial charge in [-0.05, 0) is 6.42 Å². The molecule has 0 amide bonds. The van der Waals surface area contributed by atoms with Gasteiger partial charge in [0, 0.05) is 23.1 Å². The highest BCUT2D eigenvalue weighted by molar-refractivity contribution is 6.24. The fourth-order valence-electron chi connectivity index (χ4n) is 0.391. The van der Waals surface area contributed by atoms with E-state index in [2.05, 4.69) is 0 Å². The molecule has 0 nitrogen and oxygen atoms in total. The Bertz CT molecular complexity index is 51.2. The lowest BCUT2D eigenvalue weighted by atomic mass is 9.93. The van der Waals surface area contributed by atoms with Gasteiger partial charge in [-0.15, -0.1) is 34.8 Å². The Morgan fingerprint density at radius 1 is 1.00 bits per heavy atom. The molecule has 3 heteroatoms. The Kier molecular flexibility index (Phi) is 5.10. The largest absolute Gasteiger partial charge is 0.126 e. The first-order chi connectivity index (χ1) is 4.24. The van der Waals surface area contributed by atoms with Gasteiger partial charge in [-0.1, -0.05) is 6.92 Å². The van der Waals surface area contributed by atoms with Crippen LogP contribution in [-0.4, -0.2) is 17.6 Å². The zero-order valence-corrected chi connectivity index (χ0v) is 7.73. The summed E-state index contributed by atoms with van der Waals surface area (Å²) in [5.41, 5.74) is -0.0370. The highest BCUT2D eigenvalue weighted by Gasteiger charge is 2.24. The van der Waals surface area contributed by atoms with Crippen LogP contribution in [0.2, 0.25) is 0 Å². The minimum absolute atomic E-state index is 0.0370. The predicted molar refractivity (Wildman–Crippen MR) is 44.9 cm³/mol. The second kappa shape index (κ2) is 4.65. The van der Waals surface area contributed by atoms with Crippen LogP contribution in [0.15, 0.2) is 0 Å². The van der Waals surface area contributed by atoms with Crippen molar-refractivity contribution < 1.29 is 0 Å². The lowest BCUT2D eigenvalue weighted by molar-refractivity contribution is 0.418. The van der Waals surface area contributed by atoms with Crippen molar-refractivity contribution in [2.45, 2.75) is 13.3 Å². The molecule has 0 heterocycles. The third-order valence-electron chi connectivity index (χ3n) is 1.60. The summed E-state index contributed by atoms with van der Waals surface area (Å²) in [6, 6.07) is 0. The zero-order chi connectivity index (χ0) is 7.33. The maximum absolute atomic E-state index is 5.66.